The van der Waals surface area contributed by atoms with Gasteiger partial charge in [-0.1, -0.05) is 44.0 Å². The smallest absolute Gasteiger partial charge is 0.150 e. The van der Waals surface area contributed by atoms with Crippen molar-refractivity contribution in [3.8, 4) is 0 Å². The second kappa shape index (κ2) is 6.68. The molecule has 0 radical (unpaired) electrons. The Hall–Kier alpha value is -0.940. The zero-order valence-electron chi connectivity index (χ0n) is 10.8. The van der Waals surface area contributed by atoms with E-state index in [9.17, 15) is 8.78 Å². The fourth-order valence-electron chi connectivity index (χ4n) is 1.95. The molecule has 0 aliphatic heterocycles. The maximum absolute atomic E-state index is 13.7. The van der Waals surface area contributed by atoms with Crippen LogP contribution in [-0.4, -0.2) is 6.04 Å². The largest absolute Gasteiger partial charge is 0.378 e. The van der Waals surface area contributed by atoms with Crippen LogP contribution in [0, 0.1) is 11.6 Å². The molecule has 0 aliphatic rings. The summed E-state index contributed by atoms with van der Waals surface area (Å²) >= 11 is 6.43. The van der Waals surface area contributed by atoms with E-state index < -0.39 is 11.6 Å². The maximum Gasteiger partial charge on any atom is 0.150 e. The first-order chi connectivity index (χ1) is 9.45. The van der Waals surface area contributed by atoms with Gasteiger partial charge in [-0.2, -0.15) is 0 Å². The highest BCUT2D eigenvalue weighted by Gasteiger charge is 2.13. The van der Waals surface area contributed by atoms with Gasteiger partial charge in [0, 0.05) is 15.0 Å². The Labute approximate surface area is 133 Å². The van der Waals surface area contributed by atoms with E-state index in [0.717, 1.165) is 10.0 Å². The van der Waals surface area contributed by atoms with Gasteiger partial charge < -0.3 is 5.32 Å². The van der Waals surface area contributed by atoms with Crippen LogP contribution < -0.4 is 5.32 Å². The molecule has 0 aliphatic carbocycles. The first kappa shape index (κ1) is 15.4. The molecular formula is C15H13Br2F2N. The lowest BCUT2D eigenvalue weighted by molar-refractivity contribution is 0.581. The minimum Gasteiger partial charge on any atom is -0.378 e. The zero-order chi connectivity index (χ0) is 14.7. The van der Waals surface area contributed by atoms with E-state index in [0.29, 0.717) is 10.9 Å². The van der Waals surface area contributed by atoms with Gasteiger partial charge in [-0.05, 0) is 43.2 Å². The Morgan fingerprint density at radius 2 is 1.55 bits per heavy atom. The highest BCUT2D eigenvalue weighted by Crippen LogP contribution is 2.25. The van der Waals surface area contributed by atoms with Gasteiger partial charge in [0.2, 0.25) is 0 Å². The van der Waals surface area contributed by atoms with Crippen molar-refractivity contribution in [1.82, 2.24) is 0 Å². The second-order valence-electron chi connectivity index (χ2n) is 4.62. The third-order valence-corrected chi connectivity index (χ3v) is 3.84. The van der Waals surface area contributed by atoms with E-state index in [-0.39, 0.29) is 11.7 Å². The van der Waals surface area contributed by atoms with Crippen LogP contribution in [0.15, 0.2) is 45.3 Å². The first-order valence-corrected chi connectivity index (χ1v) is 7.70. The maximum atomic E-state index is 13.7. The number of halogens is 4. The predicted molar refractivity (Wildman–Crippen MR) is 85.0 cm³/mol. The van der Waals surface area contributed by atoms with Gasteiger partial charge in [-0.25, -0.2) is 8.78 Å². The van der Waals surface area contributed by atoms with Crippen LogP contribution >= 0.6 is 31.9 Å². The summed E-state index contributed by atoms with van der Waals surface area (Å²) in [7, 11) is 0. The van der Waals surface area contributed by atoms with Gasteiger partial charge >= 0.3 is 0 Å². The average molecular weight is 405 g/mol. The van der Waals surface area contributed by atoms with Crippen LogP contribution in [0.1, 0.15) is 12.5 Å². The molecule has 1 atom stereocenters. The normalized spacial score (nSPS) is 12.2. The van der Waals surface area contributed by atoms with Crippen molar-refractivity contribution < 1.29 is 8.78 Å². The van der Waals surface area contributed by atoms with Gasteiger partial charge in [-0.15, -0.1) is 0 Å². The van der Waals surface area contributed by atoms with Crippen LogP contribution in [-0.2, 0) is 6.42 Å². The minimum absolute atomic E-state index is 0.0821. The minimum atomic E-state index is -0.598. The second-order valence-corrected chi connectivity index (χ2v) is 6.45. The third kappa shape index (κ3) is 4.03. The number of nitrogens with one attached hydrogen (secondary N) is 1. The highest BCUT2D eigenvalue weighted by atomic mass is 79.9. The Balaban J connectivity index is 2.08. The summed E-state index contributed by atoms with van der Waals surface area (Å²) in [6, 6.07) is 10.3. The molecule has 20 heavy (non-hydrogen) atoms. The number of benzene rings is 2. The third-order valence-electron chi connectivity index (χ3n) is 2.85. The summed E-state index contributed by atoms with van der Waals surface area (Å²) in [5.41, 5.74) is 1.02. The predicted octanol–water partition coefficient (Wildman–Crippen LogP) is 5.53. The standard InChI is InChI=1S/C15H13Br2F2N/c1-9(6-10-2-4-11(16)5-3-10)20-15-13(18)7-12(17)8-14(15)19/h2-5,7-9,20H,6H2,1H3. The topological polar surface area (TPSA) is 12.0 Å². The summed E-state index contributed by atoms with van der Waals surface area (Å²) < 4.78 is 28.8. The van der Waals surface area contributed by atoms with E-state index in [1.54, 1.807) is 0 Å². The van der Waals surface area contributed by atoms with E-state index in [1.165, 1.54) is 12.1 Å². The molecule has 1 N–H and O–H groups in total. The summed E-state index contributed by atoms with van der Waals surface area (Å²) in [5, 5.41) is 2.89. The van der Waals surface area contributed by atoms with Crippen LogP contribution in [0.25, 0.3) is 0 Å². The van der Waals surface area contributed by atoms with Crippen LogP contribution in [0.5, 0.6) is 0 Å². The number of anilines is 1. The summed E-state index contributed by atoms with van der Waals surface area (Å²) in [5.74, 6) is -1.20. The van der Waals surface area contributed by atoms with E-state index in [1.807, 2.05) is 31.2 Å². The monoisotopic (exact) mass is 403 g/mol. The summed E-state index contributed by atoms with van der Waals surface area (Å²) in [6.07, 6.45) is 0.683. The molecule has 2 rings (SSSR count). The molecule has 0 saturated carbocycles. The SMILES string of the molecule is CC(Cc1ccc(Br)cc1)Nc1c(F)cc(Br)cc1F. The van der Waals surface area contributed by atoms with E-state index >= 15 is 0 Å². The molecule has 0 amide bonds. The zero-order valence-corrected chi connectivity index (χ0v) is 13.9. The number of hydrogen-bond acceptors (Lipinski definition) is 1. The molecule has 1 unspecified atom stereocenters. The molecule has 0 saturated heterocycles. The molecular weight excluding hydrogens is 392 g/mol. The fraction of sp³-hybridized carbons (Fsp3) is 0.200. The van der Waals surface area contributed by atoms with Crippen molar-refractivity contribution in [2.75, 3.05) is 5.32 Å². The molecule has 0 fully saturated rings. The fourth-order valence-corrected chi connectivity index (χ4v) is 2.62. The molecule has 0 aromatic heterocycles. The number of hydrogen-bond donors (Lipinski definition) is 1. The van der Waals surface area contributed by atoms with Crippen molar-refractivity contribution in [3.05, 3.63) is 62.5 Å². The van der Waals surface area contributed by atoms with Crippen LogP contribution in [0.3, 0.4) is 0 Å². The molecule has 1 nitrogen and oxygen atoms in total. The van der Waals surface area contributed by atoms with E-state index in [4.69, 9.17) is 0 Å². The van der Waals surface area contributed by atoms with Gasteiger partial charge in [0.15, 0.2) is 0 Å². The molecule has 5 heteroatoms. The van der Waals surface area contributed by atoms with Gasteiger partial charge in [0.05, 0.1) is 0 Å². The van der Waals surface area contributed by atoms with Crippen molar-refractivity contribution in [2.45, 2.75) is 19.4 Å². The van der Waals surface area contributed by atoms with Crippen LogP contribution in [0.4, 0.5) is 14.5 Å². The lowest BCUT2D eigenvalue weighted by atomic mass is 10.1. The Morgan fingerprint density at radius 1 is 1.00 bits per heavy atom. The quantitative estimate of drug-likeness (QED) is 0.706. The van der Waals surface area contributed by atoms with Gasteiger partial charge in [0.1, 0.15) is 17.3 Å². The lowest BCUT2D eigenvalue weighted by Gasteiger charge is -2.17. The Kier molecular flexibility index (Phi) is 5.16. The van der Waals surface area contributed by atoms with Gasteiger partial charge in [0.25, 0.3) is 0 Å². The Morgan fingerprint density at radius 3 is 2.10 bits per heavy atom. The molecule has 2 aromatic carbocycles. The van der Waals surface area contributed by atoms with Crippen molar-refractivity contribution in [2.24, 2.45) is 0 Å². The Bertz CT molecular complexity index is 576. The van der Waals surface area contributed by atoms with Crippen molar-refractivity contribution >= 4 is 37.5 Å². The van der Waals surface area contributed by atoms with Crippen molar-refractivity contribution in [1.29, 1.82) is 0 Å². The number of rotatable bonds is 4. The molecule has 106 valence electrons. The lowest BCUT2D eigenvalue weighted by Crippen LogP contribution is -2.19. The average Bonchev–Trinajstić information content (AvgIpc) is 2.36. The van der Waals surface area contributed by atoms with Crippen molar-refractivity contribution in [3.63, 3.8) is 0 Å². The molecule has 2 aromatic rings. The van der Waals surface area contributed by atoms with E-state index in [2.05, 4.69) is 37.2 Å². The first-order valence-electron chi connectivity index (χ1n) is 6.11. The molecule has 0 heterocycles. The highest BCUT2D eigenvalue weighted by molar-refractivity contribution is 9.10. The molecule has 0 spiro atoms. The van der Waals surface area contributed by atoms with Gasteiger partial charge in [-0.3, -0.25) is 0 Å². The summed E-state index contributed by atoms with van der Waals surface area (Å²) in [4.78, 5) is 0. The molecule has 0 bridgehead atoms. The summed E-state index contributed by atoms with van der Waals surface area (Å²) in [6.45, 7) is 1.89. The van der Waals surface area contributed by atoms with Crippen LogP contribution in [0.2, 0.25) is 0 Å².